The minimum Gasteiger partial charge on any atom is -0.344 e. The average Bonchev–Trinajstić information content (AvgIpc) is 3.30. The van der Waals surface area contributed by atoms with Gasteiger partial charge in [-0.3, -0.25) is 14.9 Å². The molecular weight excluding hydrogens is 332 g/mol. The summed E-state index contributed by atoms with van der Waals surface area (Å²) in [6.07, 6.45) is 3.51. The van der Waals surface area contributed by atoms with E-state index in [4.69, 9.17) is 0 Å². The van der Waals surface area contributed by atoms with Crippen LogP contribution in [-0.4, -0.2) is 20.6 Å². The first-order valence-corrected chi connectivity index (χ1v) is 8.31. The van der Waals surface area contributed by atoms with E-state index in [0.717, 1.165) is 18.4 Å². The lowest BCUT2D eigenvalue weighted by Gasteiger charge is -2.13. The summed E-state index contributed by atoms with van der Waals surface area (Å²) in [7, 11) is 0. The number of hydrogen-bond donors (Lipinski definition) is 1. The van der Waals surface area contributed by atoms with E-state index in [0.29, 0.717) is 11.4 Å². The van der Waals surface area contributed by atoms with Crippen LogP contribution in [0, 0.1) is 10.1 Å². The fraction of sp³-hybridized carbons (Fsp3) is 0.158. The quantitative estimate of drug-likeness (QED) is 0.579. The van der Waals surface area contributed by atoms with Crippen LogP contribution in [0.5, 0.6) is 0 Å². The first-order chi connectivity index (χ1) is 12.6. The molecule has 0 unspecified atom stereocenters. The second-order valence-electron chi connectivity index (χ2n) is 6.18. The minimum absolute atomic E-state index is 0.00299. The number of aromatic nitrogens is 2. The Morgan fingerprint density at radius 2 is 1.92 bits per heavy atom. The van der Waals surface area contributed by atoms with Crippen LogP contribution in [-0.2, 0) is 6.42 Å². The van der Waals surface area contributed by atoms with Crippen LogP contribution in [0.15, 0.2) is 60.8 Å². The lowest BCUT2D eigenvalue weighted by atomic mass is 10.1. The number of nitrogens with zero attached hydrogens (tertiary/aromatic N) is 3. The number of amides is 1. The molecule has 1 atom stereocenters. The lowest BCUT2D eigenvalue weighted by molar-refractivity contribution is -0.384. The Hall–Kier alpha value is -3.48. The first kappa shape index (κ1) is 16.0. The molecule has 26 heavy (non-hydrogen) atoms. The van der Waals surface area contributed by atoms with Crippen molar-refractivity contribution in [2.45, 2.75) is 18.9 Å². The van der Waals surface area contributed by atoms with E-state index in [1.165, 1.54) is 22.4 Å². The van der Waals surface area contributed by atoms with Gasteiger partial charge in [0.1, 0.15) is 0 Å². The molecular formula is C19H16N4O3. The van der Waals surface area contributed by atoms with Crippen LogP contribution in [0.1, 0.15) is 34.1 Å². The van der Waals surface area contributed by atoms with Gasteiger partial charge in [0.15, 0.2) is 5.69 Å². The monoisotopic (exact) mass is 348 g/mol. The Labute approximate surface area is 149 Å². The van der Waals surface area contributed by atoms with Gasteiger partial charge in [-0.05, 0) is 42.2 Å². The van der Waals surface area contributed by atoms with Gasteiger partial charge in [0.05, 0.1) is 16.7 Å². The van der Waals surface area contributed by atoms with Crippen LogP contribution in [0.2, 0.25) is 0 Å². The summed E-state index contributed by atoms with van der Waals surface area (Å²) >= 11 is 0. The van der Waals surface area contributed by atoms with Gasteiger partial charge in [0, 0.05) is 18.3 Å². The van der Waals surface area contributed by atoms with E-state index < -0.39 is 4.92 Å². The second-order valence-corrected chi connectivity index (χ2v) is 6.18. The average molecular weight is 348 g/mol. The molecule has 0 saturated heterocycles. The molecule has 1 amide bonds. The lowest BCUT2D eigenvalue weighted by Crippen LogP contribution is -2.27. The zero-order valence-corrected chi connectivity index (χ0v) is 13.8. The summed E-state index contributed by atoms with van der Waals surface area (Å²) in [6, 6.07) is 15.8. The van der Waals surface area contributed by atoms with Crippen LogP contribution < -0.4 is 5.32 Å². The Morgan fingerprint density at radius 1 is 1.15 bits per heavy atom. The third-order valence-electron chi connectivity index (χ3n) is 4.58. The van der Waals surface area contributed by atoms with Crippen molar-refractivity contribution in [3.05, 3.63) is 87.7 Å². The highest BCUT2D eigenvalue weighted by molar-refractivity contribution is 5.92. The van der Waals surface area contributed by atoms with E-state index >= 15 is 0 Å². The molecule has 1 N–H and O–H groups in total. The van der Waals surface area contributed by atoms with Gasteiger partial charge in [-0.25, -0.2) is 4.68 Å². The Kier molecular flexibility index (Phi) is 3.96. The molecule has 0 bridgehead atoms. The van der Waals surface area contributed by atoms with Crippen LogP contribution >= 0.6 is 0 Å². The fourth-order valence-corrected chi connectivity index (χ4v) is 3.26. The van der Waals surface area contributed by atoms with Crippen molar-refractivity contribution in [3.63, 3.8) is 0 Å². The molecule has 1 heterocycles. The fourth-order valence-electron chi connectivity index (χ4n) is 3.26. The molecule has 0 radical (unpaired) electrons. The van der Waals surface area contributed by atoms with Crippen LogP contribution in [0.3, 0.4) is 0 Å². The van der Waals surface area contributed by atoms with Gasteiger partial charge in [0.2, 0.25) is 0 Å². The molecule has 7 heteroatoms. The van der Waals surface area contributed by atoms with Crippen molar-refractivity contribution < 1.29 is 9.72 Å². The molecule has 0 aliphatic heterocycles. The van der Waals surface area contributed by atoms with Crippen molar-refractivity contribution in [2.24, 2.45) is 0 Å². The van der Waals surface area contributed by atoms with Gasteiger partial charge in [-0.2, -0.15) is 5.10 Å². The molecule has 7 nitrogen and oxygen atoms in total. The molecule has 3 aromatic rings. The van der Waals surface area contributed by atoms with Crippen molar-refractivity contribution in [1.82, 2.24) is 15.1 Å². The van der Waals surface area contributed by atoms with Gasteiger partial charge in [-0.15, -0.1) is 0 Å². The first-order valence-electron chi connectivity index (χ1n) is 8.31. The van der Waals surface area contributed by atoms with E-state index in [1.807, 2.05) is 18.2 Å². The van der Waals surface area contributed by atoms with E-state index in [2.05, 4.69) is 16.5 Å². The Morgan fingerprint density at radius 3 is 2.69 bits per heavy atom. The SMILES string of the molecule is O=C(N[C@H]1CCc2ccccc21)c1ccn(-c2ccc([N+](=O)[O-])cc2)n1. The predicted molar refractivity (Wildman–Crippen MR) is 95.2 cm³/mol. The third kappa shape index (κ3) is 2.95. The number of fused-ring (bicyclic) bond motifs is 1. The minimum atomic E-state index is -0.453. The van der Waals surface area contributed by atoms with Gasteiger partial charge < -0.3 is 5.32 Å². The largest absolute Gasteiger partial charge is 0.344 e. The number of carbonyl (C=O) groups is 1. The maximum atomic E-state index is 12.5. The van der Waals surface area contributed by atoms with Crippen molar-refractivity contribution in [3.8, 4) is 5.69 Å². The summed E-state index contributed by atoms with van der Waals surface area (Å²) in [5, 5.41) is 18.0. The van der Waals surface area contributed by atoms with Crippen LogP contribution in [0.25, 0.3) is 5.69 Å². The third-order valence-corrected chi connectivity index (χ3v) is 4.58. The standard InChI is InChI=1S/C19H16N4O3/c24-19(20-17-10-5-13-3-1-2-4-16(13)17)18-11-12-22(21-18)14-6-8-15(9-7-14)23(25)26/h1-4,6-9,11-12,17H,5,10H2,(H,20,24)/t17-/m0/s1. The molecule has 2 aromatic carbocycles. The molecule has 130 valence electrons. The molecule has 1 aromatic heterocycles. The highest BCUT2D eigenvalue weighted by atomic mass is 16.6. The topological polar surface area (TPSA) is 90.1 Å². The number of aryl methyl sites for hydroxylation is 1. The molecule has 0 fully saturated rings. The summed E-state index contributed by atoms with van der Waals surface area (Å²) in [5.41, 5.74) is 3.41. The Balaban J connectivity index is 1.49. The normalized spacial score (nSPS) is 15.5. The van der Waals surface area contributed by atoms with Gasteiger partial charge in [0.25, 0.3) is 11.6 Å². The maximum absolute atomic E-state index is 12.5. The van der Waals surface area contributed by atoms with Crippen molar-refractivity contribution >= 4 is 11.6 Å². The number of hydrogen-bond acceptors (Lipinski definition) is 4. The predicted octanol–water partition coefficient (Wildman–Crippen LogP) is 3.20. The summed E-state index contributed by atoms with van der Waals surface area (Å²) in [5.74, 6) is -0.229. The molecule has 4 rings (SSSR count). The number of non-ortho nitro benzene ring substituents is 1. The number of rotatable bonds is 4. The maximum Gasteiger partial charge on any atom is 0.272 e. The number of nitro groups is 1. The number of carbonyl (C=O) groups excluding carboxylic acids is 1. The van der Waals surface area contributed by atoms with E-state index in [-0.39, 0.29) is 17.6 Å². The highest BCUT2D eigenvalue weighted by Crippen LogP contribution is 2.30. The Bertz CT molecular complexity index is 978. The molecule has 0 saturated carbocycles. The van der Waals surface area contributed by atoms with Crippen molar-refractivity contribution in [2.75, 3.05) is 0 Å². The second kappa shape index (κ2) is 6.44. The zero-order valence-electron chi connectivity index (χ0n) is 13.8. The number of benzene rings is 2. The summed E-state index contributed by atoms with van der Waals surface area (Å²) < 4.78 is 1.53. The smallest absolute Gasteiger partial charge is 0.272 e. The molecule has 1 aliphatic carbocycles. The summed E-state index contributed by atoms with van der Waals surface area (Å²) in [6.45, 7) is 0. The zero-order chi connectivity index (χ0) is 18.1. The summed E-state index contributed by atoms with van der Waals surface area (Å²) in [4.78, 5) is 22.8. The van der Waals surface area contributed by atoms with E-state index in [1.54, 1.807) is 24.4 Å². The molecule has 1 aliphatic rings. The number of nitro benzene ring substituents is 1. The number of nitrogens with one attached hydrogen (secondary N) is 1. The van der Waals surface area contributed by atoms with Gasteiger partial charge >= 0.3 is 0 Å². The van der Waals surface area contributed by atoms with E-state index in [9.17, 15) is 14.9 Å². The highest BCUT2D eigenvalue weighted by Gasteiger charge is 2.24. The van der Waals surface area contributed by atoms with Crippen LogP contribution in [0.4, 0.5) is 5.69 Å². The van der Waals surface area contributed by atoms with Crippen molar-refractivity contribution in [1.29, 1.82) is 0 Å². The van der Waals surface area contributed by atoms with Gasteiger partial charge in [-0.1, -0.05) is 24.3 Å². The molecule has 0 spiro atoms.